The summed E-state index contributed by atoms with van der Waals surface area (Å²) in [6.07, 6.45) is 0. The van der Waals surface area contributed by atoms with Crippen molar-refractivity contribution in [2.24, 2.45) is 0 Å². The van der Waals surface area contributed by atoms with Crippen LogP contribution in [0.25, 0.3) is 44.5 Å². The maximum Gasteiger partial charge on any atom is 0.132 e. The Morgan fingerprint density at radius 2 is 0.447 bits per heavy atom. The molecule has 0 saturated carbocycles. The smallest absolute Gasteiger partial charge is 0.132 e. The van der Waals surface area contributed by atoms with E-state index in [2.05, 4.69) is 410 Å². The lowest BCUT2D eigenvalue weighted by Crippen LogP contribution is -2.37. The molecule has 0 amide bonds. The van der Waals surface area contributed by atoms with Crippen molar-refractivity contribution in [3.8, 4) is 67.5 Å². The summed E-state index contributed by atoms with van der Waals surface area (Å²) in [5, 5.41) is 0. The van der Waals surface area contributed by atoms with E-state index in [0.717, 1.165) is 102 Å². The summed E-state index contributed by atoms with van der Waals surface area (Å²) >= 11 is 0. The number of anilines is 6. The Morgan fingerprint density at radius 1 is 0.165 bits per heavy atom. The Hall–Kier alpha value is -13.3. The van der Waals surface area contributed by atoms with Gasteiger partial charge in [-0.3, -0.25) is 0 Å². The second kappa shape index (κ2) is 24.0. The zero-order chi connectivity index (χ0) is 68.1. The van der Waals surface area contributed by atoms with Gasteiger partial charge in [0.25, 0.3) is 0 Å². The van der Waals surface area contributed by atoms with Crippen LogP contribution in [-0.2, 0) is 16.2 Å². The van der Waals surface area contributed by atoms with Gasteiger partial charge >= 0.3 is 0 Å². The fraction of sp³-hybridized carbons (Fsp3) is 0.0303. The van der Waals surface area contributed by atoms with Crippen molar-refractivity contribution in [3.63, 3.8) is 0 Å². The summed E-state index contributed by atoms with van der Waals surface area (Å²) in [5.41, 5.74) is 27.1. The SMILES string of the molecule is c1ccc(-c2cccc(N(c3ccc4c(c3)-c3ccccc3C4(c3ccccc3)c3ccccc3)c3ccc4c(c3)C3(c5ccccc5Oc5ccccc53)c3cc(N(c5cccc(-c6ccccc6)c5)c5ccc6c(c5)-c5ccccc5C6(c5ccccc5)c5ccccc5)ccc3O4)c2)cc1. The van der Waals surface area contributed by atoms with Crippen molar-refractivity contribution in [3.05, 3.63) is 467 Å². The second-order valence-electron chi connectivity index (χ2n) is 27.3. The minimum absolute atomic E-state index is 0.570. The Labute approximate surface area is 600 Å². The lowest BCUT2D eigenvalue weighted by molar-refractivity contribution is 0.399. The van der Waals surface area contributed by atoms with Crippen LogP contribution in [0.5, 0.6) is 23.0 Å². The maximum atomic E-state index is 7.52. The fourth-order valence-corrected chi connectivity index (χ4v) is 17.9. The van der Waals surface area contributed by atoms with Crippen LogP contribution in [-0.4, -0.2) is 0 Å². The number of nitrogens with zero attached hydrogens (tertiary/aromatic N) is 2. The highest BCUT2D eigenvalue weighted by Gasteiger charge is 2.52. The summed E-state index contributed by atoms with van der Waals surface area (Å²) in [6, 6.07) is 147. The van der Waals surface area contributed by atoms with Gasteiger partial charge in [0.2, 0.25) is 0 Å². The van der Waals surface area contributed by atoms with Crippen LogP contribution in [0.3, 0.4) is 0 Å². The fourth-order valence-electron chi connectivity index (χ4n) is 17.9. The van der Waals surface area contributed by atoms with Crippen molar-refractivity contribution in [2.45, 2.75) is 16.2 Å². The first-order valence-corrected chi connectivity index (χ1v) is 35.5. The molecule has 4 heteroatoms. The maximum absolute atomic E-state index is 7.52. The highest BCUT2D eigenvalue weighted by molar-refractivity contribution is 5.94. The van der Waals surface area contributed by atoms with Crippen molar-refractivity contribution in [2.75, 3.05) is 9.80 Å². The minimum atomic E-state index is -1.00. The van der Waals surface area contributed by atoms with Gasteiger partial charge in [-0.2, -0.15) is 0 Å². The summed E-state index contributed by atoms with van der Waals surface area (Å²) in [6.45, 7) is 0. The average molecular weight is 1320 g/mol. The number of ether oxygens (including phenoxy) is 2. The molecule has 4 nitrogen and oxygen atoms in total. The van der Waals surface area contributed by atoms with Crippen molar-refractivity contribution in [1.82, 2.24) is 0 Å². The van der Waals surface area contributed by atoms with Crippen LogP contribution >= 0.6 is 0 Å². The molecule has 0 aromatic heterocycles. The molecule has 0 radical (unpaired) electrons. The van der Waals surface area contributed by atoms with E-state index >= 15 is 0 Å². The first-order valence-electron chi connectivity index (χ1n) is 35.5. The van der Waals surface area contributed by atoms with Gasteiger partial charge < -0.3 is 19.3 Å². The van der Waals surface area contributed by atoms with Gasteiger partial charge in [-0.05, 0) is 186 Å². The van der Waals surface area contributed by atoms with E-state index in [1.54, 1.807) is 0 Å². The highest BCUT2D eigenvalue weighted by atomic mass is 16.5. The third kappa shape index (κ3) is 9.10. The Balaban J connectivity index is 0.821. The molecule has 0 unspecified atom stereocenters. The number of hydrogen-bond acceptors (Lipinski definition) is 4. The topological polar surface area (TPSA) is 24.9 Å². The van der Waals surface area contributed by atoms with E-state index in [1.165, 1.54) is 66.8 Å². The molecule has 1 spiro atoms. The Bertz CT molecular complexity index is 5510. The van der Waals surface area contributed by atoms with Gasteiger partial charge in [-0.1, -0.05) is 303 Å². The quantitative estimate of drug-likeness (QED) is 0.122. The number of para-hydroxylation sites is 2. The van der Waals surface area contributed by atoms with Gasteiger partial charge in [-0.15, -0.1) is 0 Å². The van der Waals surface area contributed by atoms with Gasteiger partial charge in [0.1, 0.15) is 23.0 Å². The molecule has 0 N–H and O–H groups in total. The normalized spacial score (nSPS) is 13.8. The van der Waals surface area contributed by atoms with Crippen LogP contribution in [0.1, 0.15) is 66.8 Å². The molecule has 4 aliphatic rings. The molecule has 20 rings (SSSR count). The molecule has 0 bridgehead atoms. The molecule has 103 heavy (non-hydrogen) atoms. The largest absolute Gasteiger partial charge is 0.457 e. The minimum Gasteiger partial charge on any atom is -0.457 e. The number of fused-ring (bicyclic) bond motifs is 14. The third-order valence-corrected chi connectivity index (χ3v) is 22.1. The zero-order valence-corrected chi connectivity index (χ0v) is 56.3. The number of rotatable bonds is 12. The van der Waals surface area contributed by atoms with E-state index < -0.39 is 16.2 Å². The lowest BCUT2D eigenvalue weighted by atomic mass is 9.62. The van der Waals surface area contributed by atoms with Gasteiger partial charge in [-0.25, -0.2) is 0 Å². The van der Waals surface area contributed by atoms with Crippen molar-refractivity contribution in [1.29, 1.82) is 0 Å². The Kier molecular flexibility index (Phi) is 13.9. The average Bonchev–Trinajstić information content (AvgIpc) is 1.62. The van der Waals surface area contributed by atoms with E-state index in [1.807, 2.05) is 0 Å². The lowest BCUT2D eigenvalue weighted by Gasteiger charge is -2.45. The summed E-state index contributed by atoms with van der Waals surface area (Å²) < 4.78 is 14.6. The van der Waals surface area contributed by atoms with Gasteiger partial charge in [0.05, 0.1) is 16.2 Å². The standard InChI is InChI=1S/C99H66N2O2/c1-7-29-67(30-8-1)69-33-27-43-75(61-69)100(77-53-57-87-83(63-77)81-45-19-21-47-85(81)97(87,71-35-11-3-12-36-71)72-37-13-4-14-38-72)79-55-59-95-91(65-79)99(89-49-23-25-51-93(89)102-94-52-26-24-50-90(94)99)92-66-80(56-60-96(92)103-95)101(76-44-28-34-70(62-76)68-31-9-2-10-32-68)78-54-58-88-84(64-78)82-46-20-22-48-86(82)98(88,73-39-15-5-16-40-73)74-41-17-6-18-42-74/h1-66H. The van der Waals surface area contributed by atoms with E-state index in [-0.39, 0.29) is 0 Å². The first-order chi connectivity index (χ1) is 51.1. The Morgan fingerprint density at radius 3 is 0.835 bits per heavy atom. The molecule has 2 aliphatic carbocycles. The molecule has 2 aliphatic heterocycles. The summed E-state index contributed by atoms with van der Waals surface area (Å²) in [7, 11) is 0. The van der Waals surface area contributed by atoms with Crippen LogP contribution in [0.15, 0.2) is 400 Å². The third-order valence-electron chi connectivity index (χ3n) is 22.1. The van der Waals surface area contributed by atoms with Gasteiger partial charge in [0.15, 0.2) is 0 Å². The predicted octanol–water partition coefficient (Wildman–Crippen LogP) is 25.3. The van der Waals surface area contributed by atoms with Crippen LogP contribution in [0, 0.1) is 0 Å². The highest BCUT2D eigenvalue weighted by Crippen LogP contribution is 2.65. The molecule has 0 saturated heterocycles. The predicted molar refractivity (Wildman–Crippen MR) is 420 cm³/mol. The molecular weight excluding hydrogens is 1250 g/mol. The van der Waals surface area contributed by atoms with E-state index in [4.69, 9.17) is 9.47 Å². The molecule has 16 aromatic carbocycles. The summed E-state index contributed by atoms with van der Waals surface area (Å²) in [5.74, 6) is 3.09. The van der Waals surface area contributed by atoms with Crippen LogP contribution < -0.4 is 19.3 Å². The van der Waals surface area contributed by atoms with Crippen LogP contribution in [0.2, 0.25) is 0 Å². The molecule has 0 fully saturated rings. The monoisotopic (exact) mass is 1310 g/mol. The molecular formula is C99H66N2O2. The molecule has 484 valence electrons. The summed E-state index contributed by atoms with van der Waals surface area (Å²) in [4.78, 5) is 4.91. The van der Waals surface area contributed by atoms with Crippen LogP contribution in [0.4, 0.5) is 34.1 Å². The van der Waals surface area contributed by atoms with Crippen molar-refractivity contribution < 1.29 is 9.47 Å². The van der Waals surface area contributed by atoms with E-state index in [9.17, 15) is 0 Å². The van der Waals surface area contributed by atoms with Gasteiger partial charge in [0, 0.05) is 56.4 Å². The molecule has 0 atom stereocenters. The number of benzene rings is 16. The zero-order valence-electron chi connectivity index (χ0n) is 56.3. The first kappa shape index (κ1) is 59.7. The number of hydrogen-bond donors (Lipinski definition) is 0. The van der Waals surface area contributed by atoms with E-state index in [0.29, 0.717) is 0 Å². The molecule has 16 aromatic rings. The van der Waals surface area contributed by atoms with Crippen molar-refractivity contribution >= 4 is 34.1 Å². The second-order valence-corrected chi connectivity index (χ2v) is 27.3. The molecule has 2 heterocycles.